The average molecular weight is 404 g/mol. The molecule has 0 bridgehead atoms. The number of nitrogens with zero attached hydrogens (tertiary/aromatic N) is 3. The van der Waals surface area contributed by atoms with Crippen molar-refractivity contribution in [1.29, 1.82) is 0 Å². The molecule has 0 saturated carbocycles. The van der Waals surface area contributed by atoms with Crippen LogP contribution in [0.15, 0.2) is 73.1 Å². The van der Waals surface area contributed by atoms with Crippen LogP contribution in [0, 0.1) is 5.41 Å². The number of aromatic nitrogens is 2. The van der Waals surface area contributed by atoms with E-state index in [9.17, 15) is 9.90 Å². The number of aliphatic hydroxyl groups excluding tert-OH is 1. The maximum Gasteiger partial charge on any atom is 0.257 e. The van der Waals surface area contributed by atoms with Gasteiger partial charge in [0.2, 0.25) is 0 Å². The number of rotatable bonds is 7. The number of benzene rings is 2. The van der Waals surface area contributed by atoms with E-state index in [1.54, 1.807) is 17.1 Å². The molecule has 156 valence electrons. The highest BCUT2D eigenvalue weighted by atomic mass is 16.3. The number of aryl methyl sites for hydroxylation is 1. The van der Waals surface area contributed by atoms with Crippen LogP contribution in [-0.2, 0) is 6.42 Å². The molecule has 1 amide bonds. The van der Waals surface area contributed by atoms with Crippen molar-refractivity contribution in [3.8, 4) is 5.69 Å². The fourth-order valence-electron chi connectivity index (χ4n) is 4.44. The van der Waals surface area contributed by atoms with Gasteiger partial charge in [-0.05, 0) is 49.8 Å². The van der Waals surface area contributed by atoms with Gasteiger partial charge in [0.15, 0.2) is 0 Å². The lowest BCUT2D eigenvalue weighted by Crippen LogP contribution is -2.47. The molecule has 0 spiro atoms. The number of hydrogen-bond acceptors (Lipinski definition) is 3. The topological polar surface area (TPSA) is 58.4 Å². The first-order valence-corrected chi connectivity index (χ1v) is 10.7. The third kappa shape index (κ3) is 4.62. The minimum atomic E-state index is -0.210. The summed E-state index contributed by atoms with van der Waals surface area (Å²) in [5, 5.41) is 14.6. The van der Waals surface area contributed by atoms with E-state index < -0.39 is 0 Å². The molecule has 1 unspecified atom stereocenters. The van der Waals surface area contributed by atoms with Gasteiger partial charge in [-0.2, -0.15) is 5.10 Å². The van der Waals surface area contributed by atoms with Gasteiger partial charge in [0.1, 0.15) is 0 Å². The Kier molecular flexibility index (Phi) is 6.29. The van der Waals surface area contributed by atoms with Gasteiger partial charge < -0.3 is 10.0 Å². The van der Waals surface area contributed by atoms with Crippen molar-refractivity contribution >= 4 is 5.91 Å². The van der Waals surface area contributed by atoms with Gasteiger partial charge in [0, 0.05) is 24.7 Å². The molecule has 2 heterocycles. The summed E-state index contributed by atoms with van der Waals surface area (Å²) in [4.78, 5) is 15.0. The van der Waals surface area contributed by atoms with Crippen LogP contribution in [0.4, 0.5) is 0 Å². The molecule has 0 aliphatic carbocycles. The van der Waals surface area contributed by atoms with Crippen LogP contribution in [0.2, 0.25) is 0 Å². The third-order valence-corrected chi connectivity index (χ3v) is 6.15. The smallest absolute Gasteiger partial charge is 0.257 e. The molecule has 1 atom stereocenters. The largest absolute Gasteiger partial charge is 0.396 e. The summed E-state index contributed by atoms with van der Waals surface area (Å²) >= 11 is 0. The quantitative estimate of drug-likeness (QED) is 0.646. The summed E-state index contributed by atoms with van der Waals surface area (Å²) in [5.74, 6) is -0.00207. The predicted molar refractivity (Wildman–Crippen MR) is 118 cm³/mol. The molecule has 5 nitrogen and oxygen atoms in total. The molecule has 1 fully saturated rings. The second-order valence-corrected chi connectivity index (χ2v) is 8.34. The number of hydrogen-bond donors (Lipinski definition) is 1. The molecule has 1 N–H and O–H groups in total. The zero-order chi connectivity index (χ0) is 20.8. The zero-order valence-corrected chi connectivity index (χ0v) is 17.3. The van der Waals surface area contributed by atoms with Crippen molar-refractivity contribution < 1.29 is 9.90 Å². The summed E-state index contributed by atoms with van der Waals surface area (Å²) in [6, 6.07) is 20.2. The molecule has 1 aromatic heterocycles. The number of amides is 1. The molecule has 30 heavy (non-hydrogen) atoms. The van der Waals surface area contributed by atoms with E-state index in [0.717, 1.165) is 44.3 Å². The van der Waals surface area contributed by atoms with Crippen LogP contribution in [0.25, 0.3) is 5.69 Å². The normalized spacial score (nSPS) is 19.0. The van der Waals surface area contributed by atoms with Crippen molar-refractivity contribution in [2.45, 2.75) is 32.1 Å². The Morgan fingerprint density at radius 2 is 1.80 bits per heavy atom. The summed E-state index contributed by atoms with van der Waals surface area (Å²) < 4.78 is 1.73. The van der Waals surface area contributed by atoms with Gasteiger partial charge >= 0.3 is 0 Å². The molecular weight excluding hydrogens is 374 g/mol. The molecule has 0 radical (unpaired) electrons. The maximum absolute atomic E-state index is 13.1. The van der Waals surface area contributed by atoms with Crippen LogP contribution < -0.4 is 0 Å². The lowest BCUT2D eigenvalue weighted by Gasteiger charge is -2.42. The summed E-state index contributed by atoms with van der Waals surface area (Å²) in [6.45, 7) is 1.46. The SMILES string of the molecule is O=C(c1cnn(-c2ccccc2)c1)N1CCCC(CO)(CCCc2ccccc2)C1. The van der Waals surface area contributed by atoms with Crippen LogP contribution >= 0.6 is 0 Å². The molecule has 1 aliphatic heterocycles. The Labute approximate surface area is 178 Å². The third-order valence-electron chi connectivity index (χ3n) is 6.15. The number of para-hydroxylation sites is 1. The number of carbonyl (C=O) groups is 1. The molecular formula is C25H29N3O2. The minimum absolute atomic E-state index is 0.00207. The maximum atomic E-state index is 13.1. The molecule has 2 aromatic carbocycles. The van der Waals surface area contributed by atoms with Crippen molar-refractivity contribution in [2.24, 2.45) is 5.41 Å². The van der Waals surface area contributed by atoms with E-state index in [2.05, 4.69) is 29.4 Å². The van der Waals surface area contributed by atoms with Crippen molar-refractivity contribution in [2.75, 3.05) is 19.7 Å². The Balaban J connectivity index is 1.40. The van der Waals surface area contributed by atoms with Gasteiger partial charge in [0.05, 0.1) is 24.1 Å². The minimum Gasteiger partial charge on any atom is -0.396 e. The van der Waals surface area contributed by atoms with E-state index in [1.807, 2.05) is 41.3 Å². The van der Waals surface area contributed by atoms with Crippen molar-refractivity contribution in [3.05, 3.63) is 84.2 Å². The summed E-state index contributed by atoms with van der Waals surface area (Å²) in [6.07, 6.45) is 8.25. The van der Waals surface area contributed by atoms with Crippen LogP contribution in [-0.4, -0.2) is 45.4 Å². The Morgan fingerprint density at radius 3 is 2.53 bits per heavy atom. The first-order chi connectivity index (χ1) is 14.7. The van der Waals surface area contributed by atoms with Crippen molar-refractivity contribution in [1.82, 2.24) is 14.7 Å². The van der Waals surface area contributed by atoms with Gasteiger partial charge in [0.25, 0.3) is 5.91 Å². The summed E-state index contributed by atoms with van der Waals surface area (Å²) in [7, 11) is 0. The Bertz CT molecular complexity index is 955. The monoisotopic (exact) mass is 403 g/mol. The van der Waals surface area contributed by atoms with E-state index in [1.165, 1.54) is 5.56 Å². The first-order valence-electron chi connectivity index (χ1n) is 10.7. The highest BCUT2D eigenvalue weighted by Gasteiger charge is 2.36. The highest BCUT2D eigenvalue weighted by Crippen LogP contribution is 2.35. The number of aliphatic hydroxyl groups is 1. The molecule has 3 aromatic rings. The fraction of sp³-hybridized carbons (Fsp3) is 0.360. The van der Waals surface area contributed by atoms with Crippen LogP contribution in [0.1, 0.15) is 41.6 Å². The standard InChI is InChI=1S/C25H29N3O2/c29-20-25(14-7-11-21-9-3-1-4-10-21)15-8-16-27(19-25)24(30)22-17-26-28(18-22)23-12-5-2-6-13-23/h1-6,9-10,12-13,17-18,29H,7-8,11,14-16,19-20H2. The fourth-order valence-corrected chi connectivity index (χ4v) is 4.44. The lowest BCUT2D eigenvalue weighted by atomic mass is 9.76. The first kappa shape index (κ1) is 20.4. The van der Waals surface area contributed by atoms with E-state index in [4.69, 9.17) is 0 Å². The van der Waals surface area contributed by atoms with Gasteiger partial charge in [-0.1, -0.05) is 48.5 Å². The van der Waals surface area contributed by atoms with Crippen LogP contribution in [0.3, 0.4) is 0 Å². The molecule has 1 saturated heterocycles. The highest BCUT2D eigenvalue weighted by molar-refractivity contribution is 5.94. The second-order valence-electron chi connectivity index (χ2n) is 8.34. The Hall–Kier alpha value is -2.92. The number of likely N-dealkylation sites (tertiary alicyclic amines) is 1. The predicted octanol–water partition coefficient (Wildman–Crippen LogP) is 4.11. The number of carbonyl (C=O) groups excluding carboxylic acids is 1. The molecule has 1 aliphatic rings. The zero-order valence-electron chi connectivity index (χ0n) is 17.3. The lowest BCUT2D eigenvalue weighted by molar-refractivity contribution is 0.0216. The van der Waals surface area contributed by atoms with E-state index in [0.29, 0.717) is 12.1 Å². The van der Waals surface area contributed by atoms with Gasteiger partial charge in [-0.15, -0.1) is 0 Å². The second kappa shape index (κ2) is 9.26. The molecule has 5 heteroatoms. The molecule has 4 rings (SSSR count). The summed E-state index contributed by atoms with van der Waals surface area (Å²) in [5.41, 5.74) is 2.64. The van der Waals surface area contributed by atoms with Gasteiger partial charge in [-0.3, -0.25) is 4.79 Å². The van der Waals surface area contributed by atoms with Gasteiger partial charge in [-0.25, -0.2) is 4.68 Å². The average Bonchev–Trinajstić information content (AvgIpc) is 3.30. The van der Waals surface area contributed by atoms with E-state index in [-0.39, 0.29) is 17.9 Å². The van der Waals surface area contributed by atoms with Crippen molar-refractivity contribution in [3.63, 3.8) is 0 Å². The van der Waals surface area contributed by atoms with Crippen LogP contribution in [0.5, 0.6) is 0 Å². The Morgan fingerprint density at radius 1 is 1.07 bits per heavy atom. The van der Waals surface area contributed by atoms with E-state index >= 15 is 0 Å². The number of piperidine rings is 1.